The van der Waals surface area contributed by atoms with Crippen LogP contribution in [0.1, 0.15) is 31.4 Å². The summed E-state index contributed by atoms with van der Waals surface area (Å²) < 4.78 is 0. The van der Waals surface area contributed by atoms with Crippen molar-refractivity contribution in [1.82, 2.24) is 10.2 Å². The Labute approximate surface area is 98.7 Å². The van der Waals surface area contributed by atoms with E-state index in [0.717, 1.165) is 6.54 Å². The molecule has 2 nitrogen and oxygen atoms in total. The average molecular weight is 218 g/mol. The third-order valence-electron chi connectivity index (χ3n) is 3.61. The normalized spacial score (nSPS) is 22.6. The summed E-state index contributed by atoms with van der Waals surface area (Å²) in [5.41, 5.74) is 1.41. The van der Waals surface area contributed by atoms with Gasteiger partial charge in [0.25, 0.3) is 0 Å². The van der Waals surface area contributed by atoms with Gasteiger partial charge in [0.2, 0.25) is 0 Å². The van der Waals surface area contributed by atoms with Gasteiger partial charge in [-0.05, 0) is 38.9 Å². The van der Waals surface area contributed by atoms with Crippen molar-refractivity contribution in [3.63, 3.8) is 0 Å². The number of hydrogen-bond donors (Lipinski definition) is 1. The Morgan fingerprint density at radius 1 is 1.38 bits per heavy atom. The van der Waals surface area contributed by atoms with Crippen LogP contribution in [0.4, 0.5) is 0 Å². The van der Waals surface area contributed by atoms with Crippen LogP contribution in [0.15, 0.2) is 30.3 Å². The molecule has 1 aromatic rings. The molecule has 16 heavy (non-hydrogen) atoms. The van der Waals surface area contributed by atoms with E-state index in [1.165, 1.54) is 24.9 Å². The second-order valence-corrected chi connectivity index (χ2v) is 4.82. The van der Waals surface area contributed by atoms with Crippen molar-refractivity contribution in [2.75, 3.05) is 20.1 Å². The van der Waals surface area contributed by atoms with Crippen LogP contribution in [0, 0.1) is 0 Å². The molecule has 1 aromatic carbocycles. The summed E-state index contributed by atoms with van der Waals surface area (Å²) in [5, 5.41) is 3.55. The summed E-state index contributed by atoms with van der Waals surface area (Å²) in [7, 11) is 2.22. The van der Waals surface area contributed by atoms with Gasteiger partial charge < -0.3 is 5.32 Å². The van der Waals surface area contributed by atoms with Crippen molar-refractivity contribution in [3.05, 3.63) is 35.9 Å². The first-order valence-electron chi connectivity index (χ1n) is 6.26. The molecule has 1 fully saturated rings. The van der Waals surface area contributed by atoms with E-state index < -0.39 is 0 Å². The highest BCUT2D eigenvalue weighted by atomic mass is 15.2. The zero-order valence-corrected chi connectivity index (χ0v) is 10.3. The van der Waals surface area contributed by atoms with Crippen molar-refractivity contribution in [3.8, 4) is 0 Å². The summed E-state index contributed by atoms with van der Waals surface area (Å²) >= 11 is 0. The molecular formula is C14H22N2. The standard InChI is InChI=1S/C14H22N2/c1-12(13-7-4-3-5-8-13)16(2)11-14-9-6-10-15-14/h3-5,7-8,12,14-15H,6,9-11H2,1-2H3. The first-order valence-corrected chi connectivity index (χ1v) is 6.26. The van der Waals surface area contributed by atoms with Gasteiger partial charge in [0, 0.05) is 18.6 Å². The molecule has 1 heterocycles. The Morgan fingerprint density at radius 2 is 2.12 bits per heavy atom. The predicted molar refractivity (Wildman–Crippen MR) is 68.5 cm³/mol. The largest absolute Gasteiger partial charge is 0.313 e. The van der Waals surface area contributed by atoms with Gasteiger partial charge in [-0.2, -0.15) is 0 Å². The third kappa shape index (κ3) is 2.83. The van der Waals surface area contributed by atoms with Gasteiger partial charge in [0.1, 0.15) is 0 Å². The van der Waals surface area contributed by atoms with E-state index in [1.54, 1.807) is 0 Å². The Kier molecular flexibility index (Phi) is 3.97. The molecular weight excluding hydrogens is 196 g/mol. The molecule has 0 saturated carbocycles. The van der Waals surface area contributed by atoms with Gasteiger partial charge in [-0.3, -0.25) is 4.90 Å². The fraction of sp³-hybridized carbons (Fsp3) is 0.571. The monoisotopic (exact) mass is 218 g/mol. The van der Waals surface area contributed by atoms with Gasteiger partial charge in [0.15, 0.2) is 0 Å². The van der Waals surface area contributed by atoms with E-state index in [1.807, 2.05) is 0 Å². The van der Waals surface area contributed by atoms with Gasteiger partial charge >= 0.3 is 0 Å². The maximum absolute atomic E-state index is 3.55. The number of nitrogens with one attached hydrogen (secondary N) is 1. The molecule has 1 aliphatic heterocycles. The van der Waals surface area contributed by atoms with Crippen LogP contribution >= 0.6 is 0 Å². The topological polar surface area (TPSA) is 15.3 Å². The second kappa shape index (κ2) is 5.46. The van der Waals surface area contributed by atoms with E-state index in [9.17, 15) is 0 Å². The van der Waals surface area contributed by atoms with Crippen molar-refractivity contribution in [2.24, 2.45) is 0 Å². The second-order valence-electron chi connectivity index (χ2n) is 4.82. The first kappa shape index (κ1) is 11.6. The van der Waals surface area contributed by atoms with Gasteiger partial charge in [0.05, 0.1) is 0 Å². The van der Waals surface area contributed by atoms with E-state index in [0.29, 0.717) is 12.1 Å². The molecule has 0 aromatic heterocycles. The lowest BCUT2D eigenvalue weighted by molar-refractivity contribution is 0.238. The quantitative estimate of drug-likeness (QED) is 0.835. The van der Waals surface area contributed by atoms with E-state index in [4.69, 9.17) is 0 Å². The van der Waals surface area contributed by atoms with Crippen molar-refractivity contribution in [1.29, 1.82) is 0 Å². The van der Waals surface area contributed by atoms with Crippen LogP contribution in [0.5, 0.6) is 0 Å². The lowest BCUT2D eigenvalue weighted by atomic mass is 10.1. The van der Waals surface area contributed by atoms with Gasteiger partial charge in [-0.15, -0.1) is 0 Å². The average Bonchev–Trinajstić information content (AvgIpc) is 2.82. The smallest absolute Gasteiger partial charge is 0.0317 e. The Bertz CT molecular complexity index is 304. The minimum absolute atomic E-state index is 0.503. The third-order valence-corrected chi connectivity index (χ3v) is 3.61. The maximum Gasteiger partial charge on any atom is 0.0317 e. The highest BCUT2D eigenvalue weighted by Crippen LogP contribution is 2.19. The molecule has 0 radical (unpaired) electrons. The fourth-order valence-electron chi connectivity index (χ4n) is 2.40. The number of hydrogen-bond acceptors (Lipinski definition) is 2. The molecule has 0 bridgehead atoms. The number of rotatable bonds is 4. The minimum Gasteiger partial charge on any atom is -0.313 e. The molecule has 2 unspecified atom stereocenters. The van der Waals surface area contributed by atoms with Crippen LogP contribution < -0.4 is 5.32 Å². The van der Waals surface area contributed by atoms with E-state index in [-0.39, 0.29) is 0 Å². The Hall–Kier alpha value is -0.860. The SMILES string of the molecule is CC(c1ccccc1)N(C)CC1CCCN1. The number of likely N-dealkylation sites (N-methyl/N-ethyl adjacent to an activating group) is 1. The molecule has 2 rings (SSSR count). The molecule has 1 N–H and O–H groups in total. The van der Waals surface area contributed by atoms with E-state index >= 15 is 0 Å². The molecule has 1 saturated heterocycles. The first-order chi connectivity index (χ1) is 7.77. The lowest BCUT2D eigenvalue weighted by Gasteiger charge is -2.27. The van der Waals surface area contributed by atoms with Gasteiger partial charge in [-0.25, -0.2) is 0 Å². The summed E-state index contributed by atoms with van der Waals surface area (Å²) in [6.45, 7) is 4.62. The van der Waals surface area contributed by atoms with Crippen molar-refractivity contribution in [2.45, 2.75) is 31.8 Å². The summed E-state index contributed by atoms with van der Waals surface area (Å²) in [6, 6.07) is 11.9. The van der Waals surface area contributed by atoms with Crippen LogP contribution in [0.3, 0.4) is 0 Å². The fourth-order valence-corrected chi connectivity index (χ4v) is 2.40. The molecule has 1 aliphatic rings. The number of nitrogens with zero attached hydrogens (tertiary/aromatic N) is 1. The predicted octanol–water partition coefficient (Wildman–Crippen LogP) is 2.43. The lowest BCUT2D eigenvalue weighted by Crippen LogP contribution is -2.36. The van der Waals surface area contributed by atoms with Crippen LogP contribution in [0.2, 0.25) is 0 Å². The zero-order chi connectivity index (χ0) is 11.4. The summed E-state index contributed by atoms with van der Waals surface area (Å²) in [4.78, 5) is 2.44. The highest BCUT2D eigenvalue weighted by Gasteiger charge is 2.19. The van der Waals surface area contributed by atoms with Crippen LogP contribution in [-0.4, -0.2) is 31.1 Å². The zero-order valence-electron chi connectivity index (χ0n) is 10.3. The molecule has 88 valence electrons. The maximum atomic E-state index is 3.55. The van der Waals surface area contributed by atoms with Gasteiger partial charge in [-0.1, -0.05) is 30.3 Å². The Morgan fingerprint density at radius 3 is 2.75 bits per heavy atom. The number of benzene rings is 1. The minimum atomic E-state index is 0.503. The molecule has 0 amide bonds. The van der Waals surface area contributed by atoms with Crippen LogP contribution in [0.25, 0.3) is 0 Å². The molecule has 0 aliphatic carbocycles. The molecule has 0 spiro atoms. The van der Waals surface area contributed by atoms with Crippen molar-refractivity contribution >= 4 is 0 Å². The summed E-state index contributed by atoms with van der Waals surface area (Å²) in [6.07, 6.45) is 2.66. The summed E-state index contributed by atoms with van der Waals surface area (Å²) in [5.74, 6) is 0. The molecule has 2 atom stereocenters. The van der Waals surface area contributed by atoms with Crippen molar-refractivity contribution < 1.29 is 0 Å². The Balaban J connectivity index is 1.91. The highest BCUT2D eigenvalue weighted by molar-refractivity contribution is 5.18. The van der Waals surface area contributed by atoms with Crippen LogP contribution in [-0.2, 0) is 0 Å². The van der Waals surface area contributed by atoms with E-state index in [2.05, 4.69) is 54.5 Å². The molecule has 2 heteroatoms.